The first-order valence-electron chi connectivity index (χ1n) is 5.04. The molecule has 6 nitrogen and oxygen atoms in total. The van der Waals surface area contributed by atoms with Crippen LogP contribution in [0.1, 0.15) is 18.1 Å². The number of benzene rings is 1. The van der Waals surface area contributed by atoms with Gasteiger partial charge in [0.1, 0.15) is 6.04 Å². The van der Waals surface area contributed by atoms with Crippen LogP contribution in [0.2, 0.25) is 0 Å². The molecule has 0 unspecified atom stereocenters. The maximum Gasteiger partial charge on any atom is 0.321 e. The molecular formula is C11H12N2O4S. The van der Waals surface area contributed by atoms with Gasteiger partial charge >= 0.3 is 5.97 Å². The minimum Gasteiger partial charge on any atom is -0.480 e. The Morgan fingerprint density at radius 1 is 1.50 bits per heavy atom. The quantitative estimate of drug-likeness (QED) is 0.832. The zero-order valence-corrected chi connectivity index (χ0v) is 10.7. The third-order valence-electron chi connectivity index (χ3n) is 2.31. The van der Waals surface area contributed by atoms with E-state index in [2.05, 4.69) is 0 Å². The first-order chi connectivity index (χ1) is 8.27. The van der Waals surface area contributed by atoms with E-state index in [0.29, 0.717) is 5.56 Å². The molecule has 0 spiro atoms. The van der Waals surface area contributed by atoms with Gasteiger partial charge in [0.2, 0.25) is 10.0 Å². The maximum absolute atomic E-state index is 12.0. The van der Waals surface area contributed by atoms with Crippen molar-refractivity contribution in [2.45, 2.75) is 24.8 Å². The molecule has 0 amide bonds. The minimum absolute atomic E-state index is 0.0883. The second-order valence-electron chi connectivity index (χ2n) is 3.77. The molecule has 2 N–H and O–H groups in total. The molecule has 0 saturated carbocycles. The highest BCUT2D eigenvalue weighted by Crippen LogP contribution is 2.17. The molecule has 18 heavy (non-hydrogen) atoms. The van der Waals surface area contributed by atoms with E-state index in [4.69, 9.17) is 10.4 Å². The Morgan fingerprint density at radius 2 is 2.11 bits per heavy atom. The lowest BCUT2D eigenvalue weighted by Gasteiger charge is -2.12. The number of hydrogen-bond donors (Lipinski definition) is 2. The summed E-state index contributed by atoms with van der Waals surface area (Å²) in [5.74, 6) is -1.27. The maximum atomic E-state index is 12.0. The van der Waals surface area contributed by atoms with Crippen molar-refractivity contribution >= 4 is 16.0 Å². The van der Waals surface area contributed by atoms with Gasteiger partial charge in [-0.1, -0.05) is 6.07 Å². The predicted octanol–water partition coefficient (Wildman–Crippen LogP) is 0.618. The number of aryl methyl sites for hydroxylation is 1. The van der Waals surface area contributed by atoms with Crippen LogP contribution in [0.15, 0.2) is 23.1 Å². The summed E-state index contributed by atoms with van der Waals surface area (Å²) in [5, 5.41) is 17.4. The summed E-state index contributed by atoms with van der Waals surface area (Å²) in [6.07, 6.45) is 0. The molecule has 0 heterocycles. The van der Waals surface area contributed by atoms with E-state index in [1.54, 1.807) is 6.92 Å². The lowest BCUT2D eigenvalue weighted by atomic mass is 10.2. The highest BCUT2D eigenvalue weighted by molar-refractivity contribution is 7.89. The van der Waals surface area contributed by atoms with Crippen molar-refractivity contribution in [3.8, 4) is 6.07 Å². The zero-order chi connectivity index (χ0) is 13.9. The summed E-state index contributed by atoms with van der Waals surface area (Å²) in [6, 6.07) is 4.81. The van der Waals surface area contributed by atoms with Gasteiger partial charge in [-0.15, -0.1) is 0 Å². The molecule has 0 radical (unpaired) electrons. The number of hydrogen-bond acceptors (Lipinski definition) is 4. The Bertz CT molecular complexity index is 616. The second kappa shape index (κ2) is 5.16. The summed E-state index contributed by atoms with van der Waals surface area (Å²) in [5.41, 5.74) is 0.642. The van der Waals surface area contributed by atoms with Gasteiger partial charge in [-0.05, 0) is 31.5 Å². The van der Waals surface area contributed by atoms with Crippen molar-refractivity contribution in [1.82, 2.24) is 4.72 Å². The van der Waals surface area contributed by atoms with E-state index >= 15 is 0 Å². The van der Waals surface area contributed by atoms with Crippen molar-refractivity contribution in [3.05, 3.63) is 29.3 Å². The fraction of sp³-hybridized carbons (Fsp3) is 0.273. The van der Waals surface area contributed by atoms with Gasteiger partial charge in [0, 0.05) is 0 Å². The third kappa shape index (κ3) is 3.06. The van der Waals surface area contributed by atoms with Gasteiger partial charge in [-0.3, -0.25) is 4.79 Å². The van der Waals surface area contributed by atoms with E-state index in [1.165, 1.54) is 25.1 Å². The number of nitrogens with one attached hydrogen (secondary N) is 1. The third-order valence-corrected chi connectivity index (χ3v) is 3.99. The summed E-state index contributed by atoms with van der Waals surface area (Å²) in [4.78, 5) is 10.5. The summed E-state index contributed by atoms with van der Waals surface area (Å²) < 4.78 is 25.9. The highest BCUT2D eigenvalue weighted by atomic mass is 32.2. The molecule has 1 rings (SSSR count). The Hall–Kier alpha value is -1.91. The van der Waals surface area contributed by atoms with Crippen LogP contribution in [0.5, 0.6) is 0 Å². The zero-order valence-electron chi connectivity index (χ0n) is 9.84. The van der Waals surface area contributed by atoms with E-state index in [-0.39, 0.29) is 10.5 Å². The molecule has 0 aliphatic carbocycles. The first kappa shape index (κ1) is 14.2. The molecule has 1 aromatic rings. The van der Waals surface area contributed by atoms with Crippen molar-refractivity contribution in [2.75, 3.05) is 0 Å². The number of nitrogens with zero attached hydrogens (tertiary/aromatic N) is 1. The Kier molecular flexibility index (Phi) is 4.06. The fourth-order valence-electron chi connectivity index (χ4n) is 1.31. The molecule has 0 saturated heterocycles. The van der Waals surface area contributed by atoms with E-state index in [1.807, 2.05) is 10.8 Å². The molecular weight excluding hydrogens is 256 g/mol. The highest BCUT2D eigenvalue weighted by Gasteiger charge is 2.23. The Balaban J connectivity index is 3.21. The van der Waals surface area contributed by atoms with Gasteiger partial charge in [-0.25, -0.2) is 8.42 Å². The van der Waals surface area contributed by atoms with Crippen molar-refractivity contribution < 1.29 is 18.3 Å². The van der Waals surface area contributed by atoms with Crippen LogP contribution in [-0.4, -0.2) is 25.5 Å². The van der Waals surface area contributed by atoms with Crippen LogP contribution < -0.4 is 4.72 Å². The van der Waals surface area contributed by atoms with Gasteiger partial charge < -0.3 is 5.11 Å². The summed E-state index contributed by atoms with van der Waals surface area (Å²) in [7, 11) is -3.95. The van der Waals surface area contributed by atoms with E-state index in [9.17, 15) is 13.2 Å². The monoisotopic (exact) mass is 268 g/mol. The van der Waals surface area contributed by atoms with Crippen LogP contribution in [0.4, 0.5) is 0 Å². The van der Waals surface area contributed by atoms with Gasteiger partial charge in [0.05, 0.1) is 16.5 Å². The van der Waals surface area contributed by atoms with Gasteiger partial charge in [0.25, 0.3) is 0 Å². The number of carbonyl (C=O) groups is 1. The molecule has 0 aromatic heterocycles. The van der Waals surface area contributed by atoms with Crippen LogP contribution >= 0.6 is 0 Å². The van der Waals surface area contributed by atoms with Crippen molar-refractivity contribution in [1.29, 1.82) is 5.26 Å². The summed E-state index contributed by atoms with van der Waals surface area (Å²) in [6.45, 7) is 2.80. The van der Waals surface area contributed by atoms with Crippen LogP contribution in [0, 0.1) is 18.3 Å². The van der Waals surface area contributed by atoms with Crippen molar-refractivity contribution in [3.63, 3.8) is 0 Å². The lowest BCUT2D eigenvalue weighted by molar-refractivity contribution is -0.138. The molecule has 0 bridgehead atoms. The minimum atomic E-state index is -3.95. The van der Waals surface area contributed by atoms with E-state index in [0.717, 1.165) is 0 Å². The second-order valence-corrected chi connectivity index (χ2v) is 5.46. The Labute approximate surface area is 105 Å². The smallest absolute Gasteiger partial charge is 0.321 e. The topological polar surface area (TPSA) is 107 Å². The van der Waals surface area contributed by atoms with Crippen LogP contribution in [0.25, 0.3) is 0 Å². The Morgan fingerprint density at radius 3 is 2.61 bits per heavy atom. The van der Waals surface area contributed by atoms with Gasteiger partial charge in [0.15, 0.2) is 0 Å². The first-order valence-corrected chi connectivity index (χ1v) is 6.52. The summed E-state index contributed by atoms with van der Waals surface area (Å²) >= 11 is 0. The lowest BCUT2D eigenvalue weighted by Crippen LogP contribution is -2.38. The SMILES string of the molecule is Cc1ccc(C#N)cc1S(=O)(=O)N[C@@H](C)C(=O)O. The van der Waals surface area contributed by atoms with E-state index < -0.39 is 22.0 Å². The normalized spacial score (nSPS) is 12.7. The largest absolute Gasteiger partial charge is 0.480 e. The molecule has 0 aliphatic rings. The number of sulfonamides is 1. The standard InChI is InChI=1S/C11H12N2O4S/c1-7-3-4-9(6-12)5-10(7)18(16,17)13-8(2)11(14)15/h3-5,8,13H,1-2H3,(H,14,15)/t8-/m0/s1. The number of rotatable bonds is 4. The van der Waals surface area contributed by atoms with Gasteiger partial charge in [-0.2, -0.15) is 9.98 Å². The number of aliphatic carboxylic acids is 1. The predicted molar refractivity (Wildman–Crippen MR) is 63.3 cm³/mol. The van der Waals surface area contributed by atoms with Crippen LogP contribution in [0.3, 0.4) is 0 Å². The molecule has 1 atom stereocenters. The average Bonchev–Trinajstić information content (AvgIpc) is 2.28. The number of nitriles is 1. The molecule has 1 aromatic carbocycles. The van der Waals surface area contributed by atoms with Crippen LogP contribution in [-0.2, 0) is 14.8 Å². The molecule has 0 fully saturated rings. The fourth-order valence-corrected chi connectivity index (χ4v) is 2.77. The molecule has 0 aliphatic heterocycles. The number of carboxylic acids is 1. The van der Waals surface area contributed by atoms with Crippen molar-refractivity contribution in [2.24, 2.45) is 0 Å². The molecule has 96 valence electrons. The molecule has 7 heteroatoms. The average molecular weight is 268 g/mol. The number of carboxylic acid groups (broad SMARTS) is 1.